The van der Waals surface area contributed by atoms with Gasteiger partial charge in [0.2, 0.25) is 4.77 Å². The van der Waals surface area contributed by atoms with E-state index in [9.17, 15) is 0 Å². The largest absolute Gasteiger partial charge is 0.493 e. The number of aryl methyl sites for hydroxylation is 2. The molecule has 0 spiro atoms. The molecule has 0 saturated heterocycles. The van der Waals surface area contributed by atoms with Crippen LogP contribution in [0.2, 0.25) is 0 Å². The summed E-state index contributed by atoms with van der Waals surface area (Å²) in [6, 6.07) is 12.1. The first-order valence-corrected chi connectivity index (χ1v) is 9.61. The smallest absolute Gasteiger partial charge is 0.214 e. The van der Waals surface area contributed by atoms with Gasteiger partial charge in [-0.1, -0.05) is 45.8 Å². The molecule has 6 nitrogen and oxygen atoms in total. The number of benzene rings is 2. The maximum Gasteiger partial charge on any atom is 0.214 e. The van der Waals surface area contributed by atoms with E-state index in [1.807, 2.05) is 19.1 Å². The molecule has 27 heavy (non-hydrogen) atoms. The molecule has 0 aliphatic heterocycles. The van der Waals surface area contributed by atoms with Crippen molar-refractivity contribution in [1.29, 1.82) is 0 Å². The van der Waals surface area contributed by atoms with Crippen molar-refractivity contribution in [1.82, 2.24) is 14.9 Å². The quantitative estimate of drug-likeness (QED) is 0.514. The van der Waals surface area contributed by atoms with E-state index in [0.29, 0.717) is 29.4 Å². The van der Waals surface area contributed by atoms with E-state index in [2.05, 4.69) is 62.7 Å². The Labute approximate surface area is 171 Å². The zero-order valence-corrected chi connectivity index (χ0v) is 17.8. The van der Waals surface area contributed by atoms with Gasteiger partial charge < -0.3 is 14.9 Å². The van der Waals surface area contributed by atoms with Crippen LogP contribution in [0.25, 0.3) is 0 Å². The number of hydrogen-bond acceptors (Lipinski definition) is 5. The van der Waals surface area contributed by atoms with Crippen LogP contribution in [0.5, 0.6) is 11.5 Å². The van der Waals surface area contributed by atoms with E-state index in [4.69, 9.17) is 21.7 Å². The third kappa shape index (κ3) is 4.51. The molecule has 3 aromatic rings. The number of nitrogens with one attached hydrogen (secondary N) is 2. The van der Waals surface area contributed by atoms with Crippen LogP contribution in [0.3, 0.4) is 0 Å². The standard InChI is InChI=1S/C19H21BrN4O2S/c1-12-4-6-14(7-5-12)11-26-18-15(16(20)8-9-17(18)25-3)10-21-24-13(2)22-23-19(24)27/h4-9,21H,10-11H2,1-3H3,(H,23,27). The van der Waals surface area contributed by atoms with Gasteiger partial charge in [-0.3, -0.25) is 5.10 Å². The van der Waals surface area contributed by atoms with E-state index >= 15 is 0 Å². The molecular formula is C19H21BrN4O2S. The normalized spacial score (nSPS) is 10.7. The molecule has 0 unspecified atom stereocenters. The predicted molar refractivity (Wildman–Crippen MR) is 111 cm³/mol. The van der Waals surface area contributed by atoms with Crippen molar-refractivity contribution in [3.63, 3.8) is 0 Å². The molecule has 0 fully saturated rings. The van der Waals surface area contributed by atoms with Crippen LogP contribution in [0.1, 0.15) is 22.5 Å². The van der Waals surface area contributed by atoms with Crippen LogP contribution in [0.15, 0.2) is 40.9 Å². The van der Waals surface area contributed by atoms with Crippen LogP contribution in [-0.2, 0) is 13.2 Å². The van der Waals surface area contributed by atoms with Gasteiger partial charge in [-0.05, 0) is 43.8 Å². The number of halogens is 1. The summed E-state index contributed by atoms with van der Waals surface area (Å²) in [5.74, 6) is 2.11. The third-order valence-corrected chi connectivity index (χ3v) is 5.16. The van der Waals surface area contributed by atoms with Crippen molar-refractivity contribution in [3.8, 4) is 11.5 Å². The van der Waals surface area contributed by atoms with Gasteiger partial charge in [0.05, 0.1) is 13.7 Å². The van der Waals surface area contributed by atoms with Crippen LogP contribution in [-0.4, -0.2) is 22.0 Å². The van der Waals surface area contributed by atoms with Crippen LogP contribution in [0, 0.1) is 18.6 Å². The molecular weight excluding hydrogens is 428 g/mol. The van der Waals surface area contributed by atoms with Crippen molar-refractivity contribution in [2.45, 2.75) is 27.0 Å². The lowest BCUT2D eigenvalue weighted by atomic mass is 10.1. The average Bonchev–Trinajstić information content (AvgIpc) is 2.98. The first kappa shape index (κ1) is 19.4. The van der Waals surface area contributed by atoms with E-state index < -0.39 is 0 Å². The lowest BCUT2D eigenvalue weighted by molar-refractivity contribution is 0.281. The maximum atomic E-state index is 6.14. The average molecular weight is 449 g/mol. The fourth-order valence-corrected chi connectivity index (χ4v) is 3.32. The van der Waals surface area contributed by atoms with E-state index in [1.54, 1.807) is 11.8 Å². The number of H-pyrrole nitrogens is 1. The van der Waals surface area contributed by atoms with Crippen LogP contribution in [0.4, 0.5) is 0 Å². The lowest BCUT2D eigenvalue weighted by Crippen LogP contribution is -2.17. The summed E-state index contributed by atoms with van der Waals surface area (Å²) in [6.45, 7) is 4.86. The number of rotatable bonds is 7. The summed E-state index contributed by atoms with van der Waals surface area (Å²) in [5, 5.41) is 6.87. The van der Waals surface area contributed by atoms with Crippen molar-refractivity contribution < 1.29 is 9.47 Å². The molecule has 0 atom stereocenters. The van der Waals surface area contributed by atoms with Crippen molar-refractivity contribution >= 4 is 28.1 Å². The Bertz CT molecular complexity index is 982. The maximum absolute atomic E-state index is 6.14. The van der Waals surface area contributed by atoms with E-state index in [1.165, 1.54) is 5.56 Å². The minimum atomic E-state index is 0.449. The topological polar surface area (TPSA) is 64.1 Å². The molecule has 0 saturated carbocycles. The van der Waals surface area contributed by atoms with Crippen molar-refractivity contribution in [2.24, 2.45) is 0 Å². The Morgan fingerprint density at radius 3 is 2.56 bits per heavy atom. The molecule has 0 aliphatic rings. The molecule has 8 heteroatoms. The summed E-state index contributed by atoms with van der Waals surface area (Å²) in [5.41, 5.74) is 6.51. The summed E-state index contributed by atoms with van der Waals surface area (Å²) >= 11 is 8.86. The molecule has 2 N–H and O–H groups in total. The highest BCUT2D eigenvalue weighted by molar-refractivity contribution is 9.10. The number of nitrogens with zero attached hydrogens (tertiary/aromatic N) is 2. The monoisotopic (exact) mass is 448 g/mol. The first-order chi connectivity index (χ1) is 13.0. The minimum absolute atomic E-state index is 0.449. The van der Waals surface area contributed by atoms with Gasteiger partial charge in [-0.2, -0.15) is 5.10 Å². The highest BCUT2D eigenvalue weighted by atomic mass is 79.9. The van der Waals surface area contributed by atoms with Gasteiger partial charge in [-0.15, -0.1) is 0 Å². The number of methoxy groups -OCH3 is 1. The van der Waals surface area contributed by atoms with E-state index in [-0.39, 0.29) is 0 Å². The van der Waals surface area contributed by atoms with Gasteiger partial charge in [0.15, 0.2) is 11.5 Å². The van der Waals surface area contributed by atoms with Gasteiger partial charge in [0, 0.05) is 10.0 Å². The summed E-state index contributed by atoms with van der Waals surface area (Å²) in [6.07, 6.45) is 0. The Morgan fingerprint density at radius 1 is 1.19 bits per heavy atom. The molecule has 1 heterocycles. The van der Waals surface area contributed by atoms with Crippen molar-refractivity contribution in [2.75, 3.05) is 12.5 Å². The summed E-state index contributed by atoms with van der Waals surface area (Å²) < 4.78 is 14.8. The molecule has 3 rings (SSSR count). The second kappa shape index (κ2) is 8.58. The Hall–Kier alpha value is -2.32. The summed E-state index contributed by atoms with van der Waals surface area (Å²) in [4.78, 5) is 0. The van der Waals surface area contributed by atoms with Gasteiger partial charge >= 0.3 is 0 Å². The molecule has 0 aliphatic carbocycles. The predicted octanol–water partition coefficient (Wildman–Crippen LogP) is 4.65. The highest BCUT2D eigenvalue weighted by Crippen LogP contribution is 2.37. The number of ether oxygens (including phenoxy) is 2. The zero-order valence-electron chi connectivity index (χ0n) is 15.4. The van der Waals surface area contributed by atoms with Crippen molar-refractivity contribution in [3.05, 3.63) is 68.2 Å². The zero-order chi connectivity index (χ0) is 19.4. The van der Waals surface area contributed by atoms with Crippen LogP contribution < -0.4 is 14.9 Å². The Morgan fingerprint density at radius 2 is 1.93 bits per heavy atom. The molecule has 0 radical (unpaired) electrons. The lowest BCUT2D eigenvalue weighted by Gasteiger charge is -2.18. The summed E-state index contributed by atoms with van der Waals surface area (Å²) in [7, 11) is 1.63. The molecule has 0 bridgehead atoms. The van der Waals surface area contributed by atoms with Gasteiger partial charge in [-0.25, -0.2) is 4.68 Å². The first-order valence-electron chi connectivity index (χ1n) is 8.41. The third-order valence-electron chi connectivity index (χ3n) is 4.14. The minimum Gasteiger partial charge on any atom is -0.493 e. The Kier molecular flexibility index (Phi) is 6.18. The SMILES string of the molecule is COc1ccc(Br)c(CNn2c(C)n[nH]c2=S)c1OCc1ccc(C)cc1. The van der Waals surface area contributed by atoms with Crippen LogP contribution >= 0.6 is 28.1 Å². The van der Waals surface area contributed by atoms with E-state index in [0.717, 1.165) is 21.4 Å². The van der Waals surface area contributed by atoms with Gasteiger partial charge in [0.1, 0.15) is 12.4 Å². The fraction of sp³-hybridized carbons (Fsp3) is 0.263. The highest BCUT2D eigenvalue weighted by Gasteiger charge is 2.15. The molecule has 0 amide bonds. The molecule has 142 valence electrons. The van der Waals surface area contributed by atoms with Gasteiger partial charge in [0.25, 0.3) is 0 Å². The fourth-order valence-electron chi connectivity index (χ4n) is 2.63. The molecule has 2 aromatic carbocycles. The second-order valence-electron chi connectivity index (χ2n) is 6.08. The number of aromatic nitrogens is 3. The molecule has 1 aromatic heterocycles. The number of hydrogen-bond donors (Lipinski definition) is 2. The Balaban J connectivity index is 1.85. The second-order valence-corrected chi connectivity index (χ2v) is 7.32. The number of aromatic amines is 1.